The Morgan fingerprint density at radius 1 is 1.75 bits per heavy atom. The van der Waals surface area contributed by atoms with Crippen molar-refractivity contribution in [2.75, 3.05) is 0 Å². The van der Waals surface area contributed by atoms with Crippen molar-refractivity contribution >= 4 is 17.7 Å². The molecule has 0 amide bonds. The maximum atomic E-state index is 4.41. The molecule has 0 fully saturated rings. The molecule has 0 spiro atoms. The van der Waals surface area contributed by atoms with E-state index in [-0.39, 0.29) is 51.4 Å². The predicted molar refractivity (Wildman–Crippen MR) is 16.8 cm³/mol. The van der Waals surface area contributed by atoms with E-state index in [2.05, 4.69) is 18.0 Å². The van der Waals surface area contributed by atoms with Crippen molar-refractivity contribution < 1.29 is 51.4 Å². The minimum atomic E-state index is 0. The monoisotopic (exact) mass is 99.0 g/mol. The molecule has 0 rings (SSSR count). The Bertz CT molecular complexity index is 15.5. The van der Waals surface area contributed by atoms with E-state index in [9.17, 15) is 0 Å². The summed E-state index contributed by atoms with van der Waals surface area (Å²) >= 11 is 3.92. The van der Waals surface area contributed by atoms with Gasteiger partial charge in [0.1, 0.15) is 0 Å². The van der Waals surface area contributed by atoms with Crippen LogP contribution in [0.4, 0.5) is 0 Å². The molecule has 0 unspecified atom stereocenters. The zero-order valence-corrected chi connectivity index (χ0v) is 6.43. The van der Waals surface area contributed by atoms with Crippen molar-refractivity contribution in [1.82, 2.24) is 0 Å². The Labute approximate surface area is 73.4 Å². The van der Waals surface area contributed by atoms with Gasteiger partial charge in [-0.25, -0.2) is 0 Å². The van der Waals surface area contributed by atoms with Crippen molar-refractivity contribution in [3.8, 4) is 0 Å². The summed E-state index contributed by atoms with van der Waals surface area (Å²) in [5.74, 6) is 0. The summed E-state index contributed by atoms with van der Waals surface area (Å²) < 4.78 is 0. The van der Waals surface area contributed by atoms with Crippen molar-refractivity contribution in [2.45, 2.75) is 0 Å². The van der Waals surface area contributed by atoms with Gasteiger partial charge in [0, 0.05) is 0 Å². The molecule has 0 aliphatic carbocycles. The topological polar surface area (TPSA) is 26.0 Å². The molecule has 3 heteroatoms. The third kappa shape index (κ3) is 9.66. The molecular weight excluding hydrogens is 97.2 g/mol. The van der Waals surface area contributed by atoms with Gasteiger partial charge in [0.05, 0.1) is 0 Å². The van der Waals surface area contributed by atoms with Crippen LogP contribution in [0.5, 0.6) is 0 Å². The molecule has 0 atom stereocenters. The first-order valence-electron chi connectivity index (χ1n) is 0.493. The Morgan fingerprint density at radius 3 is 1.75 bits per heavy atom. The molecule has 0 aliphatic rings. The second-order valence-corrected chi connectivity index (χ2v) is 0.354. The summed E-state index contributed by atoms with van der Waals surface area (Å²) in [7, 11) is 0. The summed E-state index contributed by atoms with van der Waals surface area (Å²) in [6.07, 6.45) is 0. The van der Waals surface area contributed by atoms with E-state index in [4.69, 9.17) is 0 Å². The molecule has 0 radical (unpaired) electrons. The van der Waals surface area contributed by atoms with E-state index in [0.717, 1.165) is 0 Å². The third-order valence-electron chi connectivity index (χ3n) is 0. The SMILES string of the molecule is N[C-]=S.[K+]. The molecule has 0 aromatic carbocycles. The van der Waals surface area contributed by atoms with Crippen LogP contribution in [0.2, 0.25) is 0 Å². The Balaban J connectivity index is 0. The van der Waals surface area contributed by atoms with Crippen molar-refractivity contribution in [3.05, 3.63) is 0 Å². The standard InChI is InChI=1S/CH2NS.K/c2-1-3;/h(H2,2,3);/q-1;+1. The fourth-order valence-corrected chi connectivity index (χ4v) is 0. The van der Waals surface area contributed by atoms with Crippen LogP contribution in [-0.2, 0) is 0 Å². The molecule has 2 N–H and O–H groups in total. The summed E-state index contributed by atoms with van der Waals surface area (Å²) in [4.78, 5) is 0. The van der Waals surface area contributed by atoms with Gasteiger partial charge in [0.25, 0.3) is 0 Å². The maximum Gasteiger partial charge on any atom is 1.00 e. The van der Waals surface area contributed by atoms with Gasteiger partial charge in [-0.2, -0.15) is 0 Å². The first kappa shape index (κ1) is 9.11. The van der Waals surface area contributed by atoms with E-state index in [1.165, 1.54) is 0 Å². The minimum absolute atomic E-state index is 0. The molecule has 18 valence electrons. The summed E-state index contributed by atoms with van der Waals surface area (Å²) in [6.45, 7) is 0. The normalized spacial score (nSPS) is 3.00. The van der Waals surface area contributed by atoms with Crippen LogP contribution in [-0.4, -0.2) is 5.49 Å². The molecule has 1 nitrogen and oxygen atoms in total. The quantitative estimate of drug-likeness (QED) is 0.150. The second-order valence-electron chi connectivity index (χ2n) is 0.118. The van der Waals surface area contributed by atoms with Crippen LogP contribution >= 0.6 is 12.2 Å². The fraction of sp³-hybridized carbons (Fsp3) is 0. The Hall–Kier alpha value is 1.53. The van der Waals surface area contributed by atoms with Crippen LogP contribution in [0.25, 0.3) is 0 Å². The van der Waals surface area contributed by atoms with Gasteiger partial charge in [0.15, 0.2) is 0 Å². The van der Waals surface area contributed by atoms with Crippen molar-refractivity contribution in [1.29, 1.82) is 0 Å². The fourth-order valence-electron chi connectivity index (χ4n) is 0. The number of hydrogen-bond acceptors (Lipinski definition) is 1. The molecule has 0 aliphatic heterocycles. The average Bonchev–Trinajstić information content (AvgIpc) is 0.918. The van der Waals surface area contributed by atoms with Gasteiger partial charge in [-0.05, 0) is 0 Å². The summed E-state index contributed by atoms with van der Waals surface area (Å²) in [5.41, 5.74) is 6.25. The van der Waals surface area contributed by atoms with Crippen LogP contribution in [0, 0.1) is 0 Å². The van der Waals surface area contributed by atoms with Crippen LogP contribution in [0.1, 0.15) is 0 Å². The molecular formula is CH2KNS. The van der Waals surface area contributed by atoms with Gasteiger partial charge in [-0.3, -0.25) is 0 Å². The molecule has 0 saturated heterocycles. The van der Waals surface area contributed by atoms with Gasteiger partial charge >= 0.3 is 51.4 Å². The Morgan fingerprint density at radius 2 is 1.75 bits per heavy atom. The van der Waals surface area contributed by atoms with Gasteiger partial charge in [-0.15, -0.1) is 0 Å². The number of thiocarbonyl (C=S) groups is 1. The average molecular weight is 99.2 g/mol. The van der Waals surface area contributed by atoms with Crippen LogP contribution in [0.15, 0.2) is 0 Å². The predicted octanol–water partition coefficient (Wildman–Crippen LogP) is -3.22. The zero-order valence-electron chi connectivity index (χ0n) is 2.49. The van der Waals surface area contributed by atoms with Gasteiger partial charge in [-0.1, -0.05) is 0 Å². The van der Waals surface area contributed by atoms with Crippen molar-refractivity contribution in [3.63, 3.8) is 0 Å². The summed E-state index contributed by atoms with van der Waals surface area (Å²) in [5, 5.41) is 0. The third-order valence-corrected chi connectivity index (χ3v) is 0. The van der Waals surface area contributed by atoms with Gasteiger partial charge < -0.3 is 23.4 Å². The van der Waals surface area contributed by atoms with E-state index in [0.29, 0.717) is 0 Å². The number of hydrogen-bond donors (Lipinski definition) is 1. The van der Waals surface area contributed by atoms with E-state index < -0.39 is 0 Å². The number of rotatable bonds is 0. The van der Waals surface area contributed by atoms with Crippen molar-refractivity contribution in [2.24, 2.45) is 5.73 Å². The maximum absolute atomic E-state index is 4.41. The molecule has 0 saturated carbocycles. The second kappa shape index (κ2) is 8.82. The van der Waals surface area contributed by atoms with Crippen LogP contribution < -0.4 is 57.1 Å². The molecule has 0 aromatic heterocycles. The largest absolute Gasteiger partial charge is 1.00 e. The summed E-state index contributed by atoms with van der Waals surface area (Å²) in [6, 6.07) is 0. The first-order valence-corrected chi connectivity index (χ1v) is 0.901. The van der Waals surface area contributed by atoms with E-state index >= 15 is 0 Å². The number of nitrogens with two attached hydrogens (primary N) is 1. The Kier molecular flexibility index (Phi) is 20.1. The van der Waals surface area contributed by atoms with E-state index in [1.54, 1.807) is 0 Å². The molecule has 0 heterocycles. The molecule has 0 aromatic rings. The minimum Gasteiger partial charge on any atom is -0.570 e. The van der Waals surface area contributed by atoms with E-state index in [1.807, 2.05) is 5.49 Å². The van der Waals surface area contributed by atoms with Gasteiger partial charge in [0.2, 0.25) is 0 Å². The zero-order chi connectivity index (χ0) is 2.71. The van der Waals surface area contributed by atoms with Crippen LogP contribution in [0.3, 0.4) is 0 Å². The smallest absolute Gasteiger partial charge is 0.570 e. The first-order chi connectivity index (χ1) is 1.41. The molecule has 4 heavy (non-hydrogen) atoms. The molecule has 0 bridgehead atoms.